The molecule has 2 aromatic rings. The fourth-order valence-electron chi connectivity index (χ4n) is 1.46. The predicted octanol–water partition coefficient (Wildman–Crippen LogP) is 3.92. The zero-order valence-corrected chi connectivity index (χ0v) is 11.1. The van der Waals surface area contributed by atoms with E-state index in [2.05, 4.69) is 5.38 Å². The van der Waals surface area contributed by atoms with Crippen LogP contribution in [0.5, 0.6) is 0 Å². The normalized spacial score (nSPS) is 10.5. The van der Waals surface area contributed by atoms with Crippen molar-refractivity contribution < 1.29 is 14.3 Å². The smallest absolute Gasteiger partial charge is 0.335 e. The van der Waals surface area contributed by atoms with Crippen molar-refractivity contribution in [2.24, 2.45) is 0 Å². The number of carbonyl (C=O) groups is 1. The molecule has 0 aliphatic heterocycles. The van der Waals surface area contributed by atoms with E-state index in [1.807, 2.05) is 11.4 Å². The lowest BCUT2D eigenvalue weighted by molar-refractivity contribution is 0.0696. The van der Waals surface area contributed by atoms with Crippen molar-refractivity contribution in [3.05, 3.63) is 52.0 Å². The SMILES string of the molecule is O=C(O)c1ccc(F)c(SCCc2ccsc2)c1. The van der Waals surface area contributed by atoms with Crippen LogP contribution in [0.4, 0.5) is 4.39 Å². The van der Waals surface area contributed by atoms with Gasteiger partial charge in [-0.3, -0.25) is 0 Å². The summed E-state index contributed by atoms with van der Waals surface area (Å²) < 4.78 is 13.5. The average Bonchev–Trinajstić information content (AvgIpc) is 2.84. The van der Waals surface area contributed by atoms with Gasteiger partial charge >= 0.3 is 5.97 Å². The minimum Gasteiger partial charge on any atom is -0.478 e. The quantitative estimate of drug-likeness (QED) is 0.845. The second-order valence-corrected chi connectivity index (χ2v) is 5.60. The predicted molar refractivity (Wildman–Crippen MR) is 72.1 cm³/mol. The number of carboxylic acids is 1. The number of aryl methyl sites for hydroxylation is 1. The van der Waals surface area contributed by atoms with Crippen LogP contribution in [-0.2, 0) is 6.42 Å². The topological polar surface area (TPSA) is 37.3 Å². The molecule has 2 rings (SSSR count). The second-order valence-electron chi connectivity index (χ2n) is 3.68. The fraction of sp³-hybridized carbons (Fsp3) is 0.154. The third kappa shape index (κ3) is 3.34. The molecule has 0 saturated carbocycles. The van der Waals surface area contributed by atoms with Gasteiger partial charge in [-0.1, -0.05) is 0 Å². The molecule has 0 amide bonds. The van der Waals surface area contributed by atoms with Gasteiger partial charge in [0, 0.05) is 10.6 Å². The van der Waals surface area contributed by atoms with Gasteiger partial charge in [0.15, 0.2) is 0 Å². The summed E-state index contributed by atoms with van der Waals surface area (Å²) in [5.74, 6) is -0.665. The first-order valence-electron chi connectivity index (χ1n) is 5.33. The largest absolute Gasteiger partial charge is 0.478 e. The van der Waals surface area contributed by atoms with Crippen molar-refractivity contribution >= 4 is 29.1 Å². The summed E-state index contributed by atoms with van der Waals surface area (Å²) in [5, 5.41) is 12.9. The van der Waals surface area contributed by atoms with Crippen LogP contribution >= 0.6 is 23.1 Å². The average molecular weight is 282 g/mol. The summed E-state index contributed by atoms with van der Waals surface area (Å²) in [4.78, 5) is 11.2. The maximum Gasteiger partial charge on any atom is 0.335 e. The molecule has 18 heavy (non-hydrogen) atoms. The van der Waals surface area contributed by atoms with Gasteiger partial charge in [-0.15, -0.1) is 11.8 Å². The summed E-state index contributed by atoms with van der Waals surface area (Å²) in [6.07, 6.45) is 0.852. The molecule has 0 aliphatic rings. The monoisotopic (exact) mass is 282 g/mol. The van der Waals surface area contributed by atoms with Crippen molar-refractivity contribution in [3.63, 3.8) is 0 Å². The molecule has 0 atom stereocenters. The molecule has 0 bridgehead atoms. The van der Waals surface area contributed by atoms with Gasteiger partial charge in [-0.25, -0.2) is 9.18 Å². The standard InChI is InChI=1S/C13H11FO2S2/c14-11-2-1-10(13(15)16)7-12(11)18-6-4-9-3-5-17-8-9/h1-3,5,7-8H,4,6H2,(H,15,16). The lowest BCUT2D eigenvalue weighted by Crippen LogP contribution is -1.97. The van der Waals surface area contributed by atoms with Gasteiger partial charge in [0.25, 0.3) is 0 Å². The molecule has 0 radical (unpaired) electrons. The van der Waals surface area contributed by atoms with Gasteiger partial charge in [0.1, 0.15) is 5.82 Å². The number of aromatic carboxylic acids is 1. The number of hydrogen-bond donors (Lipinski definition) is 1. The zero-order chi connectivity index (χ0) is 13.0. The first kappa shape index (κ1) is 13.1. The highest BCUT2D eigenvalue weighted by molar-refractivity contribution is 7.99. The molecule has 94 valence electrons. The Labute approximate surface area is 112 Å². The Bertz CT molecular complexity index is 538. The van der Waals surface area contributed by atoms with E-state index in [4.69, 9.17) is 5.11 Å². The molecule has 1 aromatic carbocycles. The molecular formula is C13H11FO2S2. The van der Waals surface area contributed by atoms with E-state index in [-0.39, 0.29) is 11.4 Å². The van der Waals surface area contributed by atoms with E-state index in [0.717, 1.165) is 12.2 Å². The van der Waals surface area contributed by atoms with Gasteiger partial charge in [0.2, 0.25) is 0 Å². The van der Waals surface area contributed by atoms with Crippen LogP contribution in [0.3, 0.4) is 0 Å². The Morgan fingerprint density at radius 3 is 2.89 bits per heavy atom. The molecule has 0 saturated heterocycles. The lowest BCUT2D eigenvalue weighted by atomic mass is 10.2. The molecule has 0 spiro atoms. The number of rotatable bonds is 5. The summed E-state index contributed by atoms with van der Waals surface area (Å²) in [5.41, 5.74) is 1.34. The Morgan fingerprint density at radius 1 is 1.39 bits per heavy atom. The zero-order valence-electron chi connectivity index (χ0n) is 9.43. The molecule has 1 N–H and O–H groups in total. The summed E-state index contributed by atoms with van der Waals surface area (Å²) in [6, 6.07) is 5.90. The van der Waals surface area contributed by atoms with E-state index >= 15 is 0 Å². The van der Waals surface area contributed by atoms with Crippen molar-refractivity contribution in [2.75, 3.05) is 5.75 Å². The molecular weight excluding hydrogens is 271 g/mol. The molecule has 1 heterocycles. The summed E-state index contributed by atoms with van der Waals surface area (Å²) in [6.45, 7) is 0. The van der Waals surface area contributed by atoms with Crippen LogP contribution < -0.4 is 0 Å². The minimum absolute atomic E-state index is 0.120. The second kappa shape index (κ2) is 6.02. The third-order valence-electron chi connectivity index (χ3n) is 2.41. The van der Waals surface area contributed by atoms with Crippen molar-refractivity contribution in [1.29, 1.82) is 0 Å². The van der Waals surface area contributed by atoms with Gasteiger partial charge < -0.3 is 5.11 Å². The van der Waals surface area contributed by atoms with Crippen molar-refractivity contribution in [1.82, 2.24) is 0 Å². The van der Waals surface area contributed by atoms with Crippen LogP contribution in [-0.4, -0.2) is 16.8 Å². The highest BCUT2D eigenvalue weighted by atomic mass is 32.2. The molecule has 2 nitrogen and oxygen atoms in total. The minimum atomic E-state index is -1.03. The molecule has 0 aliphatic carbocycles. The Morgan fingerprint density at radius 2 is 2.22 bits per heavy atom. The molecule has 1 aromatic heterocycles. The molecule has 0 fully saturated rings. The molecule has 5 heteroatoms. The van der Waals surface area contributed by atoms with Gasteiger partial charge in [-0.2, -0.15) is 11.3 Å². The van der Waals surface area contributed by atoms with Gasteiger partial charge in [-0.05, 0) is 47.0 Å². The lowest BCUT2D eigenvalue weighted by Gasteiger charge is -2.04. The van der Waals surface area contributed by atoms with Crippen LogP contribution in [0, 0.1) is 5.82 Å². The van der Waals surface area contributed by atoms with Gasteiger partial charge in [0.05, 0.1) is 5.56 Å². The number of thiophene rings is 1. The number of carboxylic acid groups (broad SMARTS) is 1. The van der Waals surface area contributed by atoms with E-state index in [1.165, 1.54) is 35.5 Å². The maximum absolute atomic E-state index is 13.5. The number of hydrogen-bond acceptors (Lipinski definition) is 3. The van der Waals surface area contributed by atoms with Crippen molar-refractivity contribution in [2.45, 2.75) is 11.3 Å². The number of benzene rings is 1. The van der Waals surface area contributed by atoms with E-state index in [9.17, 15) is 9.18 Å². The van der Waals surface area contributed by atoms with E-state index < -0.39 is 5.97 Å². The Hall–Kier alpha value is -1.33. The van der Waals surface area contributed by atoms with Crippen molar-refractivity contribution in [3.8, 4) is 0 Å². The highest BCUT2D eigenvalue weighted by Crippen LogP contribution is 2.24. The third-order valence-corrected chi connectivity index (χ3v) is 4.17. The maximum atomic E-state index is 13.5. The number of halogens is 1. The van der Waals surface area contributed by atoms with Crippen LogP contribution in [0.2, 0.25) is 0 Å². The Balaban J connectivity index is 2.00. The van der Waals surface area contributed by atoms with Crippen LogP contribution in [0.1, 0.15) is 15.9 Å². The van der Waals surface area contributed by atoms with Crippen LogP contribution in [0.25, 0.3) is 0 Å². The fourth-order valence-corrected chi connectivity index (χ4v) is 3.14. The Kier molecular flexibility index (Phi) is 4.38. The number of thioether (sulfide) groups is 1. The highest BCUT2D eigenvalue weighted by Gasteiger charge is 2.08. The summed E-state index contributed by atoms with van der Waals surface area (Å²) >= 11 is 2.98. The summed E-state index contributed by atoms with van der Waals surface area (Å²) in [7, 11) is 0. The molecule has 0 unspecified atom stereocenters. The first-order chi connectivity index (χ1) is 8.66. The van der Waals surface area contributed by atoms with Crippen LogP contribution in [0.15, 0.2) is 39.9 Å². The van der Waals surface area contributed by atoms with E-state index in [0.29, 0.717) is 4.90 Å². The first-order valence-corrected chi connectivity index (χ1v) is 7.26. The van der Waals surface area contributed by atoms with E-state index in [1.54, 1.807) is 11.3 Å².